The van der Waals surface area contributed by atoms with Crippen molar-refractivity contribution in [3.8, 4) is 0 Å². The summed E-state index contributed by atoms with van der Waals surface area (Å²) in [7, 11) is 4.09. The van der Waals surface area contributed by atoms with Crippen LogP contribution in [0.15, 0.2) is 35.4 Å². The zero-order valence-electron chi connectivity index (χ0n) is 13.1. The van der Waals surface area contributed by atoms with Gasteiger partial charge in [-0.25, -0.2) is 4.98 Å². The van der Waals surface area contributed by atoms with Crippen molar-refractivity contribution >= 4 is 5.91 Å². The Labute approximate surface area is 130 Å². The average molecular weight is 302 g/mol. The lowest BCUT2D eigenvalue weighted by Gasteiger charge is -2.39. The fraction of sp³-hybridized carbons (Fsp3) is 0.500. The van der Waals surface area contributed by atoms with E-state index in [1.807, 2.05) is 35.0 Å². The quantitative estimate of drug-likeness (QED) is 0.858. The molecule has 1 fully saturated rings. The van der Waals surface area contributed by atoms with Crippen molar-refractivity contribution in [2.75, 3.05) is 26.7 Å². The van der Waals surface area contributed by atoms with Gasteiger partial charge in [0.15, 0.2) is 0 Å². The lowest BCUT2D eigenvalue weighted by molar-refractivity contribution is -0.134. The Balaban J connectivity index is 1.62. The van der Waals surface area contributed by atoms with E-state index in [2.05, 4.69) is 16.9 Å². The first-order valence-corrected chi connectivity index (χ1v) is 7.61. The molecule has 1 aliphatic rings. The van der Waals surface area contributed by atoms with Crippen molar-refractivity contribution < 1.29 is 9.21 Å². The second-order valence-corrected chi connectivity index (χ2v) is 5.86. The molecule has 3 rings (SSSR count). The van der Waals surface area contributed by atoms with Crippen LogP contribution in [-0.2, 0) is 18.3 Å². The zero-order valence-corrected chi connectivity index (χ0v) is 13.1. The normalized spacial score (nSPS) is 19.5. The third-order valence-electron chi connectivity index (χ3n) is 4.36. The SMILES string of the molecule is CN1CCN(C(=O)CCc2ccoc2)C[C@@H]1c1nccn1C. The molecule has 2 aromatic heterocycles. The molecule has 0 aliphatic carbocycles. The molecule has 1 amide bonds. The molecule has 6 heteroatoms. The molecule has 0 N–H and O–H groups in total. The van der Waals surface area contributed by atoms with Crippen LogP contribution in [0, 0.1) is 0 Å². The standard InChI is InChI=1S/C16H22N4O2/c1-18-8-9-20(11-14(18)16-17-6-7-19(16)2)15(21)4-3-13-5-10-22-12-13/h5-7,10,12,14H,3-4,8-9,11H2,1-2H3/t14-/m1/s1. The Kier molecular flexibility index (Phi) is 4.29. The van der Waals surface area contributed by atoms with Crippen LogP contribution in [0.1, 0.15) is 23.9 Å². The number of likely N-dealkylation sites (N-methyl/N-ethyl adjacent to an activating group) is 1. The van der Waals surface area contributed by atoms with Gasteiger partial charge < -0.3 is 13.9 Å². The van der Waals surface area contributed by atoms with Crippen molar-refractivity contribution in [2.45, 2.75) is 18.9 Å². The highest BCUT2D eigenvalue weighted by Crippen LogP contribution is 2.23. The van der Waals surface area contributed by atoms with Gasteiger partial charge in [-0.1, -0.05) is 0 Å². The van der Waals surface area contributed by atoms with Gasteiger partial charge in [0.25, 0.3) is 0 Å². The molecule has 0 unspecified atom stereocenters. The van der Waals surface area contributed by atoms with Crippen LogP contribution in [0.4, 0.5) is 0 Å². The Morgan fingerprint density at radius 2 is 2.27 bits per heavy atom. The first-order valence-electron chi connectivity index (χ1n) is 7.61. The summed E-state index contributed by atoms with van der Waals surface area (Å²) in [5.74, 6) is 1.21. The summed E-state index contributed by atoms with van der Waals surface area (Å²) >= 11 is 0. The largest absolute Gasteiger partial charge is 0.472 e. The number of piperazine rings is 1. The molecular formula is C16H22N4O2. The van der Waals surface area contributed by atoms with E-state index >= 15 is 0 Å². The second kappa shape index (κ2) is 6.36. The van der Waals surface area contributed by atoms with Gasteiger partial charge >= 0.3 is 0 Å². The molecule has 0 bridgehead atoms. The van der Waals surface area contributed by atoms with Crippen molar-refractivity contribution in [3.05, 3.63) is 42.4 Å². The fourth-order valence-corrected chi connectivity index (χ4v) is 2.92. The van der Waals surface area contributed by atoms with Gasteiger partial charge in [0.2, 0.25) is 5.91 Å². The number of carbonyl (C=O) groups excluding carboxylic acids is 1. The lowest BCUT2D eigenvalue weighted by Crippen LogP contribution is -2.49. The van der Waals surface area contributed by atoms with Gasteiger partial charge in [0, 0.05) is 45.5 Å². The number of amides is 1. The number of rotatable bonds is 4. The minimum absolute atomic E-state index is 0.159. The number of carbonyl (C=O) groups is 1. The predicted octanol–water partition coefficient (Wildman–Crippen LogP) is 1.46. The van der Waals surface area contributed by atoms with E-state index < -0.39 is 0 Å². The molecule has 6 nitrogen and oxygen atoms in total. The van der Waals surface area contributed by atoms with E-state index in [9.17, 15) is 4.79 Å². The molecule has 1 atom stereocenters. The number of imidazole rings is 1. The van der Waals surface area contributed by atoms with Gasteiger partial charge in [-0.3, -0.25) is 9.69 Å². The third kappa shape index (κ3) is 3.06. The monoisotopic (exact) mass is 302 g/mol. The van der Waals surface area contributed by atoms with Crippen LogP contribution in [-0.4, -0.2) is 51.9 Å². The van der Waals surface area contributed by atoms with Crippen LogP contribution >= 0.6 is 0 Å². The molecule has 3 heterocycles. The summed E-state index contributed by atoms with van der Waals surface area (Å²) in [6.07, 6.45) is 8.36. The maximum Gasteiger partial charge on any atom is 0.223 e. The van der Waals surface area contributed by atoms with Crippen molar-refractivity contribution in [1.29, 1.82) is 0 Å². The Hall–Kier alpha value is -2.08. The van der Waals surface area contributed by atoms with Gasteiger partial charge in [0.05, 0.1) is 18.6 Å². The Bertz CT molecular complexity index is 620. The predicted molar refractivity (Wildman–Crippen MR) is 82.2 cm³/mol. The van der Waals surface area contributed by atoms with E-state index in [1.165, 1.54) is 0 Å². The summed E-state index contributed by atoms with van der Waals surface area (Å²) in [6, 6.07) is 2.07. The highest BCUT2D eigenvalue weighted by molar-refractivity contribution is 5.76. The summed E-state index contributed by atoms with van der Waals surface area (Å²) in [5, 5.41) is 0. The number of aromatic nitrogens is 2. The minimum atomic E-state index is 0.159. The highest BCUT2D eigenvalue weighted by atomic mass is 16.3. The van der Waals surface area contributed by atoms with Crippen LogP contribution in [0.2, 0.25) is 0 Å². The van der Waals surface area contributed by atoms with E-state index in [0.717, 1.165) is 30.9 Å². The number of hydrogen-bond acceptors (Lipinski definition) is 4. The summed E-state index contributed by atoms with van der Waals surface area (Å²) < 4.78 is 7.07. The lowest BCUT2D eigenvalue weighted by atomic mass is 10.1. The van der Waals surface area contributed by atoms with Gasteiger partial charge in [0.1, 0.15) is 5.82 Å². The molecule has 0 aromatic carbocycles. The van der Waals surface area contributed by atoms with Gasteiger partial charge in [-0.2, -0.15) is 0 Å². The van der Waals surface area contributed by atoms with E-state index in [4.69, 9.17) is 4.42 Å². The minimum Gasteiger partial charge on any atom is -0.472 e. The summed E-state index contributed by atoms with van der Waals surface area (Å²) in [4.78, 5) is 21.1. The van der Waals surface area contributed by atoms with Crippen LogP contribution in [0.25, 0.3) is 0 Å². The van der Waals surface area contributed by atoms with Gasteiger partial charge in [-0.15, -0.1) is 0 Å². The molecule has 118 valence electrons. The van der Waals surface area contributed by atoms with Crippen LogP contribution in [0.5, 0.6) is 0 Å². The molecule has 1 saturated heterocycles. The smallest absolute Gasteiger partial charge is 0.223 e. The Morgan fingerprint density at radius 1 is 1.41 bits per heavy atom. The molecule has 0 spiro atoms. The Morgan fingerprint density at radius 3 is 2.95 bits per heavy atom. The number of nitrogens with zero attached hydrogens (tertiary/aromatic N) is 4. The molecule has 0 saturated carbocycles. The topological polar surface area (TPSA) is 54.5 Å². The number of furan rings is 1. The molecule has 22 heavy (non-hydrogen) atoms. The highest BCUT2D eigenvalue weighted by Gasteiger charge is 2.30. The zero-order chi connectivity index (χ0) is 15.5. The first kappa shape index (κ1) is 14.8. The first-order chi connectivity index (χ1) is 10.6. The summed E-state index contributed by atoms with van der Waals surface area (Å²) in [6.45, 7) is 2.35. The summed E-state index contributed by atoms with van der Waals surface area (Å²) in [5.41, 5.74) is 1.07. The van der Waals surface area contributed by atoms with Crippen molar-refractivity contribution in [1.82, 2.24) is 19.4 Å². The molecule has 1 aliphatic heterocycles. The maximum absolute atomic E-state index is 12.4. The molecule has 2 aromatic rings. The third-order valence-corrected chi connectivity index (χ3v) is 4.36. The fourth-order valence-electron chi connectivity index (χ4n) is 2.92. The van der Waals surface area contributed by atoms with Crippen molar-refractivity contribution in [2.24, 2.45) is 7.05 Å². The average Bonchev–Trinajstić information content (AvgIpc) is 3.17. The van der Waals surface area contributed by atoms with Crippen LogP contribution in [0.3, 0.4) is 0 Å². The van der Waals surface area contributed by atoms with Gasteiger partial charge in [-0.05, 0) is 25.1 Å². The molecule has 0 radical (unpaired) electrons. The van der Waals surface area contributed by atoms with E-state index in [-0.39, 0.29) is 11.9 Å². The number of aryl methyl sites for hydroxylation is 2. The van der Waals surface area contributed by atoms with Crippen LogP contribution < -0.4 is 0 Å². The molecular weight excluding hydrogens is 280 g/mol. The second-order valence-electron chi connectivity index (χ2n) is 5.86. The van der Waals surface area contributed by atoms with E-state index in [0.29, 0.717) is 13.0 Å². The van der Waals surface area contributed by atoms with Crippen molar-refractivity contribution in [3.63, 3.8) is 0 Å². The number of hydrogen-bond donors (Lipinski definition) is 0. The van der Waals surface area contributed by atoms with E-state index in [1.54, 1.807) is 12.5 Å². The maximum atomic E-state index is 12.4.